The molecule has 2 aromatic carbocycles. The molecule has 52 heavy (non-hydrogen) atoms. The summed E-state index contributed by atoms with van der Waals surface area (Å²) in [5, 5.41) is 26.9. The van der Waals surface area contributed by atoms with E-state index < -0.39 is 53.5 Å². The zero-order valence-corrected chi connectivity index (χ0v) is 31.2. The van der Waals surface area contributed by atoms with Crippen LogP contribution < -0.4 is 29.9 Å². The molecule has 282 valence electrons. The number of carbonyl (C=O) groups excluding carboxylic acids is 1. The predicted octanol–water partition coefficient (Wildman–Crippen LogP) is 2.25. The second-order valence-electron chi connectivity index (χ2n) is 12.5. The van der Waals surface area contributed by atoms with E-state index in [-0.39, 0.29) is 35.3 Å². The normalized spacial score (nSPS) is 21.8. The molecule has 6 N–H and O–H groups in total. The Kier molecular flexibility index (Phi) is 11.1. The van der Waals surface area contributed by atoms with Crippen LogP contribution in [0.2, 0.25) is 5.02 Å². The minimum atomic E-state index is -4.74. The van der Waals surface area contributed by atoms with Crippen LogP contribution in [-0.4, -0.2) is 88.1 Å². The lowest BCUT2D eigenvalue weighted by atomic mass is 9.99. The fourth-order valence-corrected chi connectivity index (χ4v) is 7.65. The topological polar surface area (TPSA) is 252 Å². The Bertz CT molecular complexity index is 2100. The summed E-state index contributed by atoms with van der Waals surface area (Å²) in [7, 11) is -5.64. The summed E-state index contributed by atoms with van der Waals surface area (Å²) in [4.78, 5) is 28.1. The number of aromatic nitrogens is 4. The number of hydrazine groups is 1. The molecule has 0 aliphatic carbocycles. The summed E-state index contributed by atoms with van der Waals surface area (Å²) in [6.07, 6.45) is -3.15. The van der Waals surface area contributed by atoms with E-state index in [1.165, 1.54) is 70.1 Å². The molecule has 0 spiro atoms. The molecule has 0 saturated carbocycles. The number of hydrogen-bond acceptors (Lipinski definition) is 16. The third kappa shape index (κ3) is 8.57. The van der Waals surface area contributed by atoms with Gasteiger partial charge in [0.25, 0.3) is 0 Å². The highest BCUT2D eigenvalue weighted by Gasteiger charge is 2.57. The lowest BCUT2D eigenvalue weighted by Crippen LogP contribution is -2.48. The number of nitrogens with two attached hydrogens (primary N) is 1. The maximum Gasteiger partial charge on any atom is 0.462 e. The lowest BCUT2D eigenvalue weighted by Gasteiger charge is -2.31. The number of fused-ring (bicyclic) bond motifs is 1. The van der Waals surface area contributed by atoms with Crippen LogP contribution in [0.5, 0.6) is 11.5 Å². The zero-order valence-electron chi connectivity index (χ0n) is 28.8. The number of nitrogens with one attached hydrogen (secondary N) is 2. The number of benzene rings is 2. The predicted molar refractivity (Wildman–Crippen MR) is 187 cm³/mol. The van der Waals surface area contributed by atoms with Crippen molar-refractivity contribution in [1.29, 1.82) is 0 Å². The van der Waals surface area contributed by atoms with Crippen molar-refractivity contribution in [3.05, 3.63) is 65.4 Å². The molecule has 0 amide bonds. The number of anilines is 2. The molecule has 22 heteroatoms. The van der Waals surface area contributed by atoms with Gasteiger partial charge in [-0.15, -0.1) is 4.83 Å². The Morgan fingerprint density at radius 1 is 1.21 bits per heavy atom. The van der Waals surface area contributed by atoms with Crippen LogP contribution in [0.4, 0.5) is 11.8 Å². The highest BCUT2D eigenvalue weighted by atomic mass is 35.5. The van der Waals surface area contributed by atoms with Gasteiger partial charge in [-0.2, -0.15) is 15.1 Å². The number of nitrogens with zero attached hydrogens (tertiary/aromatic N) is 5. The number of nitrogen functional groups attached to an aromatic ring is 1. The van der Waals surface area contributed by atoms with E-state index in [2.05, 4.69) is 24.9 Å². The molecule has 5 atom stereocenters. The van der Waals surface area contributed by atoms with Crippen molar-refractivity contribution in [2.45, 2.75) is 57.1 Å². The molecule has 3 heterocycles. The van der Waals surface area contributed by atoms with Gasteiger partial charge in [0.15, 0.2) is 23.2 Å². The van der Waals surface area contributed by atoms with Crippen molar-refractivity contribution in [1.82, 2.24) is 29.4 Å². The molecule has 3 unspecified atom stereocenters. The number of para-hydroxylation sites is 1. The van der Waals surface area contributed by atoms with E-state index in [0.717, 1.165) is 11.3 Å². The van der Waals surface area contributed by atoms with E-state index in [9.17, 15) is 28.0 Å². The van der Waals surface area contributed by atoms with E-state index in [1.54, 1.807) is 24.3 Å². The average Bonchev–Trinajstić information content (AvgIpc) is 3.56. The van der Waals surface area contributed by atoms with Crippen molar-refractivity contribution in [2.24, 2.45) is 0 Å². The first-order chi connectivity index (χ1) is 24.2. The molecule has 0 radical (unpaired) electrons. The first kappa shape index (κ1) is 39.1. The number of hydrogen-bond donors (Lipinski definition) is 5. The monoisotopic (exact) mass is 784 g/mol. The van der Waals surface area contributed by atoms with E-state index in [4.69, 9.17) is 40.6 Å². The SMILES string of the molecule is COc1ccccc1COC(=O)C(C)(C)NP(=O)(Oc1ccc(Cl)cc1)OC1O[C@@H](n2cnc3c(N(C)NS(C)(=O)=O)nc(N)nc32)[C@](C)(O)C1O. The molecule has 19 nitrogen and oxygen atoms in total. The molecular weight excluding hydrogens is 747 g/mol. The van der Waals surface area contributed by atoms with Crippen molar-refractivity contribution < 1.29 is 51.2 Å². The lowest BCUT2D eigenvalue weighted by molar-refractivity contribution is -0.152. The summed E-state index contributed by atoms with van der Waals surface area (Å²) in [6, 6.07) is 12.6. The second-order valence-corrected chi connectivity index (χ2v) is 16.2. The number of ether oxygens (including phenoxy) is 3. The van der Waals surface area contributed by atoms with Crippen LogP contribution in [0, 0.1) is 0 Å². The number of aliphatic hydroxyl groups is 2. The number of esters is 1. The summed E-state index contributed by atoms with van der Waals surface area (Å²) >= 11 is 6.02. The number of halogens is 1. The highest BCUT2D eigenvalue weighted by molar-refractivity contribution is 7.88. The Labute approximate surface area is 303 Å². The van der Waals surface area contributed by atoms with Gasteiger partial charge in [-0.25, -0.2) is 18.0 Å². The molecule has 1 saturated heterocycles. The third-order valence-corrected chi connectivity index (χ3v) is 10.3. The average molecular weight is 785 g/mol. The van der Waals surface area contributed by atoms with Crippen LogP contribution >= 0.6 is 19.3 Å². The molecule has 5 rings (SSSR count). The molecule has 0 bridgehead atoms. The van der Waals surface area contributed by atoms with Gasteiger partial charge in [-0.1, -0.05) is 29.8 Å². The van der Waals surface area contributed by atoms with Gasteiger partial charge in [0.05, 0.1) is 19.7 Å². The number of rotatable bonds is 14. The largest absolute Gasteiger partial charge is 0.496 e. The summed E-state index contributed by atoms with van der Waals surface area (Å²) < 4.78 is 67.8. The van der Waals surface area contributed by atoms with E-state index in [1.807, 2.05) is 0 Å². The van der Waals surface area contributed by atoms with Crippen molar-refractivity contribution in [2.75, 3.05) is 31.2 Å². The molecule has 1 aliphatic rings. The Morgan fingerprint density at radius 2 is 1.88 bits per heavy atom. The molecule has 1 aliphatic heterocycles. The molecular formula is C30H38ClN8O11PS. The number of carbonyl (C=O) groups is 1. The molecule has 4 aromatic rings. The number of aliphatic hydroxyl groups excluding tert-OH is 1. The molecule has 1 fully saturated rings. The smallest absolute Gasteiger partial charge is 0.462 e. The minimum Gasteiger partial charge on any atom is -0.496 e. The van der Waals surface area contributed by atoms with Crippen molar-refractivity contribution in [3.8, 4) is 11.5 Å². The fourth-order valence-electron chi connectivity index (χ4n) is 5.18. The highest BCUT2D eigenvalue weighted by Crippen LogP contribution is 2.52. The summed E-state index contributed by atoms with van der Waals surface area (Å²) in [5.41, 5.74) is 2.60. The van der Waals surface area contributed by atoms with Gasteiger partial charge < -0.3 is 34.7 Å². The minimum absolute atomic E-state index is 0.00125. The van der Waals surface area contributed by atoms with Crippen LogP contribution in [0.1, 0.15) is 32.6 Å². The van der Waals surface area contributed by atoms with Crippen molar-refractivity contribution in [3.63, 3.8) is 0 Å². The van der Waals surface area contributed by atoms with Gasteiger partial charge >= 0.3 is 13.7 Å². The van der Waals surface area contributed by atoms with Crippen LogP contribution in [-0.2, 0) is 40.0 Å². The maximum atomic E-state index is 14.6. The number of imidazole rings is 1. The Balaban J connectivity index is 1.44. The van der Waals surface area contributed by atoms with E-state index in [0.29, 0.717) is 16.3 Å². The van der Waals surface area contributed by atoms with Crippen LogP contribution in [0.15, 0.2) is 54.9 Å². The maximum absolute atomic E-state index is 14.6. The fraction of sp³-hybridized carbons (Fsp3) is 0.400. The zero-order chi connectivity index (χ0) is 38.2. The summed E-state index contributed by atoms with van der Waals surface area (Å²) in [6.45, 7) is 3.79. The number of sulfonamides is 1. The Hall–Kier alpha value is -4.11. The number of methoxy groups -OCH3 is 1. The summed E-state index contributed by atoms with van der Waals surface area (Å²) in [5.74, 6) is -0.692. The molecule has 2 aromatic heterocycles. The van der Waals surface area contributed by atoms with Gasteiger partial charge in [0, 0.05) is 17.6 Å². The first-order valence-electron chi connectivity index (χ1n) is 15.3. The van der Waals surface area contributed by atoms with Gasteiger partial charge in [0.2, 0.25) is 22.3 Å². The Morgan fingerprint density at radius 3 is 2.54 bits per heavy atom. The van der Waals surface area contributed by atoms with Gasteiger partial charge in [-0.3, -0.25) is 18.9 Å². The van der Waals surface area contributed by atoms with Crippen LogP contribution in [0.25, 0.3) is 11.2 Å². The quantitative estimate of drug-likeness (QED) is 0.0698. The van der Waals surface area contributed by atoms with Crippen LogP contribution in [0.3, 0.4) is 0 Å². The third-order valence-electron chi connectivity index (χ3n) is 7.67. The standard InChI is InChI=1S/C30H38ClN8O11PS/c1-29(2,27(41)47-15-17-9-7-8-10-20(17)46-5)36-51(43,49-19-13-11-18(31)12-14-19)50-25-22(40)30(3,42)26(48-25)39-16-33-21-23(34-28(32)35-24(21)39)38(4)37-52(6,44)45/h7-14,16,22,25-26,37,40,42H,15H2,1-6H3,(H,36,43)(H2,32,34,35)/t22?,25?,26-,30-,51?/m1/s1. The van der Waals surface area contributed by atoms with Gasteiger partial charge in [-0.05, 0) is 51.1 Å². The van der Waals surface area contributed by atoms with Gasteiger partial charge in [0.1, 0.15) is 35.3 Å². The first-order valence-corrected chi connectivity index (χ1v) is 19.1. The second kappa shape index (κ2) is 14.7. The van der Waals surface area contributed by atoms with E-state index >= 15 is 0 Å². The van der Waals surface area contributed by atoms with Crippen molar-refractivity contribution >= 4 is 58.3 Å².